The zero-order valence-corrected chi connectivity index (χ0v) is 10.2. The number of unbranched alkanes of at least 4 members (excludes halogenated alkanes) is 1. The molecule has 0 bridgehead atoms. The molecule has 94 valence electrons. The zero-order chi connectivity index (χ0) is 12.7. The lowest BCUT2D eigenvalue weighted by atomic mass is 10.1. The van der Waals surface area contributed by atoms with Crippen LogP contribution in [0.25, 0.3) is 0 Å². The van der Waals surface area contributed by atoms with Crippen LogP contribution >= 0.6 is 0 Å². The van der Waals surface area contributed by atoms with E-state index >= 15 is 0 Å². The molecule has 1 unspecified atom stereocenters. The summed E-state index contributed by atoms with van der Waals surface area (Å²) < 4.78 is 0. The summed E-state index contributed by atoms with van der Waals surface area (Å²) in [7, 11) is 0. The topological polar surface area (TPSA) is 92.9 Å². The number of aromatic nitrogens is 2. The molecule has 4 N–H and O–H groups in total. The Morgan fingerprint density at radius 2 is 2.29 bits per heavy atom. The van der Waals surface area contributed by atoms with Crippen molar-refractivity contribution in [2.24, 2.45) is 5.84 Å². The molecule has 0 aliphatic carbocycles. The Bertz CT molecular complexity index is 369. The number of rotatable bonds is 6. The maximum absolute atomic E-state index is 11.8. The Balaban J connectivity index is 2.56. The van der Waals surface area contributed by atoms with Crippen molar-refractivity contribution in [2.45, 2.75) is 39.2 Å². The van der Waals surface area contributed by atoms with Gasteiger partial charge in [0, 0.05) is 6.04 Å². The van der Waals surface area contributed by atoms with E-state index in [1.807, 2.05) is 6.92 Å². The molecule has 0 spiro atoms. The standard InChI is InChI=1S/C11H19N5O/c1-3-4-5-8(2)14-11(17)9-6-13-7-10(15-9)16-12/h6-8H,3-5,12H2,1-2H3,(H,14,17)(H,15,16). The first-order valence-electron chi connectivity index (χ1n) is 5.77. The van der Waals surface area contributed by atoms with Gasteiger partial charge in [-0.3, -0.25) is 9.78 Å². The fourth-order valence-electron chi connectivity index (χ4n) is 1.43. The van der Waals surface area contributed by atoms with E-state index in [0.29, 0.717) is 5.82 Å². The van der Waals surface area contributed by atoms with Crippen molar-refractivity contribution in [1.29, 1.82) is 0 Å². The second-order valence-electron chi connectivity index (χ2n) is 3.95. The Hall–Kier alpha value is -1.69. The largest absolute Gasteiger partial charge is 0.348 e. The first-order chi connectivity index (χ1) is 8.17. The lowest BCUT2D eigenvalue weighted by Crippen LogP contribution is -2.33. The number of hydrogen-bond acceptors (Lipinski definition) is 5. The maximum atomic E-state index is 11.8. The van der Waals surface area contributed by atoms with Gasteiger partial charge in [-0.15, -0.1) is 0 Å². The van der Waals surface area contributed by atoms with Crippen LogP contribution in [0.15, 0.2) is 12.4 Å². The highest BCUT2D eigenvalue weighted by atomic mass is 16.1. The van der Waals surface area contributed by atoms with Crippen molar-refractivity contribution in [2.75, 3.05) is 5.43 Å². The van der Waals surface area contributed by atoms with Crippen LogP contribution < -0.4 is 16.6 Å². The van der Waals surface area contributed by atoms with Crippen LogP contribution in [0.1, 0.15) is 43.6 Å². The van der Waals surface area contributed by atoms with Crippen LogP contribution in [-0.2, 0) is 0 Å². The van der Waals surface area contributed by atoms with Gasteiger partial charge < -0.3 is 10.7 Å². The van der Waals surface area contributed by atoms with Gasteiger partial charge in [-0.2, -0.15) is 0 Å². The number of hydrogen-bond donors (Lipinski definition) is 3. The van der Waals surface area contributed by atoms with Crippen LogP contribution in [0.3, 0.4) is 0 Å². The predicted octanol–water partition coefficient (Wildman–Crippen LogP) is 1.07. The van der Waals surface area contributed by atoms with Crippen molar-refractivity contribution in [3.8, 4) is 0 Å². The summed E-state index contributed by atoms with van der Waals surface area (Å²) in [4.78, 5) is 19.7. The molecule has 1 heterocycles. The Kier molecular flexibility index (Phi) is 5.35. The van der Waals surface area contributed by atoms with E-state index in [0.717, 1.165) is 19.3 Å². The highest BCUT2D eigenvalue weighted by Crippen LogP contribution is 2.03. The van der Waals surface area contributed by atoms with Gasteiger partial charge in [-0.05, 0) is 13.3 Å². The van der Waals surface area contributed by atoms with Crippen LogP contribution in [-0.4, -0.2) is 21.9 Å². The summed E-state index contributed by atoms with van der Waals surface area (Å²) >= 11 is 0. The number of amides is 1. The normalized spacial score (nSPS) is 11.9. The molecule has 0 aliphatic heterocycles. The number of carbonyl (C=O) groups excluding carboxylic acids is 1. The Labute approximate surface area is 101 Å². The van der Waals surface area contributed by atoms with E-state index in [-0.39, 0.29) is 17.6 Å². The van der Waals surface area contributed by atoms with Gasteiger partial charge in [0.2, 0.25) is 0 Å². The van der Waals surface area contributed by atoms with Crippen molar-refractivity contribution in [1.82, 2.24) is 15.3 Å². The van der Waals surface area contributed by atoms with E-state index in [4.69, 9.17) is 5.84 Å². The van der Waals surface area contributed by atoms with Crippen LogP contribution in [0.2, 0.25) is 0 Å². The minimum Gasteiger partial charge on any atom is -0.348 e. The molecule has 1 aromatic rings. The average Bonchev–Trinajstić information content (AvgIpc) is 2.36. The molecule has 6 heteroatoms. The van der Waals surface area contributed by atoms with E-state index in [1.165, 1.54) is 12.4 Å². The summed E-state index contributed by atoms with van der Waals surface area (Å²) in [5.41, 5.74) is 2.62. The predicted molar refractivity (Wildman–Crippen MR) is 66.3 cm³/mol. The van der Waals surface area contributed by atoms with E-state index in [2.05, 4.69) is 27.6 Å². The van der Waals surface area contributed by atoms with Crippen molar-refractivity contribution < 1.29 is 4.79 Å². The van der Waals surface area contributed by atoms with Gasteiger partial charge in [-0.25, -0.2) is 10.8 Å². The number of nitrogen functional groups attached to an aromatic ring is 1. The zero-order valence-electron chi connectivity index (χ0n) is 10.2. The lowest BCUT2D eigenvalue weighted by molar-refractivity contribution is 0.0932. The van der Waals surface area contributed by atoms with Gasteiger partial charge in [-0.1, -0.05) is 19.8 Å². The number of nitrogens with one attached hydrogen (secondary N) is 2. The van der Waals surface area contributed by atoms with Gasteiger partial charge >= 0.3 is 0 Å². The minimum atomic E-state index is -0.224. The molecule has 1 atom stereocenters. The third-order valence-electron chi connectivity index (χ3n) is 2.38. The highest BCUT2D eigenvalue weighted by Gasteiger charge is 2.11. The summed E-state index contributed by atoms with van der Waals surface area (Å²) in [5.74, 6) is 5.35. The van der Waals surface area contributed by atoms with Gasteiger partial charge in [0.15, 0.2) is 5.82 Å². The first-order valence-corrected chi connectivity index (χ1v) is 5.77. The summed E-state index contributed by atoms with van der Waals surface area (Å²) in [5, 5.41) is 2.87. The van der Waals surface area contributed by atoms with Gasteiger partial charge in [0.25, 0.3) is 5.91 Å². The number of hydrazine groups is 1. The first kappa shape index (κ1) is 13.4. The molecule has 1 amide bonds. The van der Waals surface area contributed by atoms with E-state index < -0.39 is 0 Å². The van der Waals surface area contributed by atoms with Crippen molar-refractivity contribution in [3.05, 3.63) is 18.1 Å². The fraction of sp³-hybridized carbons (Fsp3) is 0.545. The summed E-state index contributed by atoms with van der Waals surface area (Å²) in [6.45, 7) is 4.10. The molecule has 1 rings (SSSR count). The fourth-order valence-corrected chi connectivity index (χ4v) is 1.43. The van der Waals surface area contributed by atoms with E-state index in [1.54, 1.807) is 0 Å². The van der Waals surface area contributed by atoms with Gasteiger partial charge in [0.05, 0.1) is 12.4 Å². The molecule has 0 aliphatic rings. The molecule has 0 saturated carbocycles. The second kappa shape index (κ2) is 6.80. The van der Waals surface area contributed by atoms with Crippen LogP contribution in [0.4, 0.5) is 5.82 Å². The lowest BCUT2D eigenvalue weighted by Gasteiger charge is -2.12. The Morgan fingerprint density at radius 1 is 1.53 bits per heavy atom. The molecule has 17 heavy (non-hydrogen) atoms. The highest BCUT2D eigenvalue weighted by molar-refractivity contribution is 5.92. The second-order valence-corrected chi connectivity index (χ2v) is 3.95. The van der Waals surface area contributed by atoms with Crippen molar-refractivity contribution in [3.63, 3.8) is 0 Å². The SMILES string of the molecule is CCCCC(C)NC(=O)c1cncc(NN)n1. The molecule has 1 aromatic heterocycles. The quantitative estimate of drug-likeness (QED) is 0.508. The third-order valence-corrected chi connectivity index (χ3v) is 2.38. The smallest absolute Gasteiger partial charge is 0.271 e. The minimum absolute atomic E-state index is 0.138. The average molecular weight is 237 g/mol. The summed E-state index contributed by atoms with van der Waals surface area (Å²) in [6.07, 6.45) is 6.05. The summed E-state index contributed by atoms with van der Waals surface area (Å²) in [6, 6.07) is 0.138. The number of nitrogens with zero attached hydrogens (tertiary/aromatic N) is 2. The maximum Gasteiger partial charge on any atom is 0.271 e. The van der Waals surface area contributed by atoms with Crippen LogP contribution in [0.5, 0.6) is 0 Å². The number of anilines is 1. The molecule has 0 saturated heterocycles. The number of carbonyl (C=O) groups is 1. The van der Waals surface area contributed by atoms with E-state index in [9.17, 15) is 4.79 Å². The molecular formula is C11H19N5O. The third kappa shape index (κ3) is 4.36. The molecular weight excluding hydrogens is 218 g/mol. The molecule has 6 nitrogen and oxygen atoms in total. The van der Waals surface area contributed by atoms with Gasteiger partial charge in [0.1, 0.15) is 5.69 Å². The Morgan fingerprint density at radius 3 is 2.94 bits per heavy atom. The number of nitrogens with two attached hydrogens (primary N) is 1. The molecule has 0 fully saturated rings. The van der Waals surface area contributed by atoms with Crippen LogP contribution in [0, 0.1) is 0 Å². The monoisotopic (exact) mass is 237 g/mol. The van der Waals surface area contributed by atoms with Crippen molar-refractivity contribution >= 4 is 11.7 Å². The molecule has 0 aromatic carbocycles. The molecule has 0 radical (unpaired) electrons.